The molecule has 0 aromatic heterocycles. The van der Waals surface area contributed by atoms with E-state index in [-0.39, 0.29) is 18.5 Å². The van der Waals surface area contributed by atoms with Crippen LogP contribution in [-0.4, -0.2) is 59.1 Å². The molecule has 1 N–H and O–H groups in total. The van der Waals surface area contributed by atoms with Crippen LogP contribution < -0.4 is 5.32 Å². The van der Waals surface area contributed by atoms with Crippen LogP contribution in [0.3, 0.4) is 0 Å². The third-order valence-electron chi connectivity index (χ3n) is 4.80. The van der Waals surface area contributed by atoms with Gasteiger partial charge in [0.25, 0.3) is 0 Å². The predicted octanol–water partition coefficient (Wildman–Crippen LogP) is 3.02. The van der Waals surface area contributed by atoms with Crippen LogP contribution >= 0.6 is 0 Å². The quantitative estimate of drug-likeness (QED) is 0.828. The zero-order valence-corrected chi connectivity index (χ0v) is 17.2. The number of hydrogen-bond donors (Lipinski definition) is 1. The average molecular weight is 376 g/mol. The maximum absolute atomic E-state index is 13.2. The summed E-state index contributed by atoms with van der Waals surface area (Å²) in [6.07, 6.45) is 0.110. The van der Waals surface area contributed by atoms with Gasteiger partial charge in [-0.2, -0.15) is 0 Å². The monoisotopic (exact) mass is 375 g/mol. The van der Waals surface area contributed by atoms with E-state index in [2.05, 4.69) is 24.1 Å². The van der Waals surface area contributed by atoms with Gasteiger partial charge in [0, 0.05) is 12.6 Å². The molecular weight excluding hydrogens is 342 g/mol. The normalized spacial score (nSPS) is 19.9. The van der Waals surface area contributed by atoms with Crippen molar-refractivity contribution in [1.29, 1.82) is 0 Å². The molecule has 1 aromatic carbocycles. The van der Waals surface area contributed by atoms with Gasteiger partial charge in [0.15, 0.2) is 0 Å². The van der Waals surface area contributed by atoms with Crippen molar-refractivity contribution in [2.75, 3.05) is 19.6 Å². The third kappa shape index (κ3) is 6.04. The highest BCUT2D eigenvalue weighted by molar-refractivity contribution is 5.95. The maximum atomic E-state index is 13.2. The molecule has 6 nitrogen and oxygen atoms in total. The number of amides is 2. The summed E-state index contributed by atoms with van der Waals surface area (Å²) in [4.78, 5) is 29.5. The Balaban J connectivity index is 2.14. The van der Waals surface area contributed by atoms with Gasteiger partial charge in [-0.25, -0.2) is 9.69 Å². The van der Waals surface area contributed by atoms with E-state index in [1.165, 1.54) is 4.90 Å². The second kappa shape index (κ2) is 9.33. The summed E-state index contributed by atoms with van der Waals surface area (Å²) in [6.45, 7) is 12.5. The molecule has 1 aliphatic heterocycles. The number of nitrogens with one attached hydrogen (secondary N) is 1. The maximum Gasteiger partial charge on any atom is 0.417 e. The van der Waals surface area contributed by atoms with Crippen molar-refractivity contribution >= 4 is 12.0 Å². The molecule has 6 heteroatoms. The number of nitrogens with zero attached hydrogens (tertiary/aromatic N) is 2. The Morgan fingerprint density at radius 1 is 1.15 bits per heavy atom. The molecule has 0 unspecified atom stereocenters. The van der Waals surface area contributed by atoms with Gasteiger partial charge in [-0.3, -0.25) is 9.69 Å². The van der Waals surface area contributed by atoms with Gasteiger partial charge in [0.2, 0.25) is 5.91 Å². The lowest BCUT2D eigenvalue weighted by molar-refractivity contribution is -0.132. The highest BCUT2D eigenvalue weighted by Crippen LogP contribution is 2.19. The van der Waals surface area contributed by atoms with Crippen LogP contribution in [0.4, 0.5) is 4.79 Å². The lowest BCUT2D eigenvalue weighted by atomic mass is 10.1. The Hall–Kier alpha value is -1.92. The van der Waals surface area contributed by atoms with E-state index in [4.69, 9.17) is 4.74 Å². The molecule has 2 amide bonds. The molecule has 27 heavy (non-hydrogen) atoms. The van der Waals surface area contributed by atoms with E-state index in [1.807, 2.05) is 30.3 Å². The van der Waals surface area contributed by atoms with Gasteiger partial charge in [-0.15, -0.1) is 0 Å². The first kappa shape index (κ1) is 21.4. The summed E-state index contributed by atoms with van der Waals surface area (Å²) in [5, 5.41) is 3.30. The van der Waals surface area contributed by atoms with Gasteiger partial charge < -0.3 is 10.1 Å². The first-order valence-electron chi connectivity index (χ1n) is 9.80. The second-order valence-electron chi connectivity index (χ2n) is 7.96. The van der Waals surface area contributed by atoms with Gasteiger partial charge in [-0.1, -0.05) is 44.2 Å². The van der Waals surface area contributed by atoms with Crippen LogP contribution in [0.5, 0.6) is 0 Å². The number of hydrogen-bond acceptors (Lipinski definition) is 5. The Labute approximate surface area is 162 Å². The molecular formula is C21H33N3O3. The first-order chi connectivity index (χ1) is 12.7. The zero-order valence-electron chi connectivity index (χ0n) is 17.2. The molecule has 2 atom stereocenters. The molecule has 0 spiro atoms. The van der Waals surface area contributed by atoms with Gasteiger partial charge in [-0.05, 0) is 45.8 Å². The van der Waals surface area contributed by atoms with E-state index in [9.17, 15) is 9.59 Å². The Bertz CT molecular complexity index is 623. The van der Waals surface area contributed by atoms with Crippen LogP contribution in [0.1, 0.15) is 46.6 Å². The van der Waals surface area contributed by atoms with Crippen LogP contribution in [0.2, 0.25) is 0 Å². The summed E-state index contributed by atoms with van der Waals surface area (Å²) in [5.74, 6) is -0.220. The molecule has 1 heterocycles. The zero-order chi connectivity index (χ0) is 20.0. The summed E-state index contributed by atoms with van der Waals surface area (Å²) in [7, 11) is 0. The minimum absolute atomic E-state index is 0.211. The van der Waals surface area contributed by atoms with E-state index in [1.54, 1.807) is 20.8 Å². The fourth-order valence-electron chi connectivity index (χ4n) is 3.43. The number of rotatable bonds is 6. The molecule has 0 saturated carbocycles. The van der Waals surface area contributed by atoms with Crippen LogP contribution in [0, 0.1) is 0 Å². The van der Waals surface area contributed by atoms with Crippen molar-refractivity contribution in [3.8, 4) is 0 Å². The molecule has 2 rings (SSSR count). The first-order valence-corrected chi connectivity index (χ1v) is 9.80. The Morgan fingerprint density at radius 2 is 1.78 bits per heavy atom. The van der Waals surface area contributed by atoms with E-state index >= 15 is 0 Å². The molecule has 0 aliphatic carbocycles. The minimum atomic E-state index is -0.654. The SMILES string of the molecule is CCN(CC)[C@@H]1CN[C@H](C(=O)N(Cc2ccccc2)C(=O)OC(C)(C)C)C1. The lowest BCUT2D eigenvalue weighted by Gasteiger charge is -2.28. The Kier molecular flexibility index (Phi) is 7.39. The lowest BCUT2D eigenvalue weighted by Crippen LogP contribution is -2.47. The van der Waals surface area contributed by atoms with Gasteiger partial charge >= 0.3 is 6.09 Å². The van der Waals surface area contributed by atoms with Crippen LogP contribution in [-0.2, 0) is 16.1 Å². The summed E-state index contributed by atoms with van der Waals surface area (Å²) < 4.78 is 5.50. The van der Waals surface area contributed by atoms with Crippen molar-refractivity contribution in [2.24, 2.45) is 0 Å². The molecule has 1 fully saturated rings. The fraction of sp³-hybridized carbons (Fsp3) is 0.619. The number of carbonyl (C=O) groups excluding carboxylic acids is 2. The van der Waals surface area contributed by atoms with E-state index < -0.39 is 11.7 Å². The molecule has 150 valence electrons. The largest absolute Gasteiger partial charge is 0.443 e. The van der Waals surface area contributed by atoms with E-state index in [0.717, 1.165) is 25.2 Å². The fourth-order valence-corrected chi connectivity index (χ4v) is 3.43. The standard InChI is InChI=1S/C21H33N3O3/c1-6-23(7-2)17-13-18(22-14-17)19(25)24(20(26)27-21(3,4)5)15-16-11-9-8-10-12-16/h8-12,17-18,22H,6-7,13-15H2,1-5H3/t17-,18-/m0/s1. The van der Waals surface area contributed by atoms with Crippen molar-refractivity contribution in [1.82, 2.24) is 15.1 Å². The van der Waals surface area contributed by atoms with Crippen LogP contribution in [0.15, 0.2) is 30.3 Å². The van der Waals surface area contributed by atoms with Gasteiger partial charge in [0.1, 0.15) is 5.60 Å². The number of imide groups is 1. The summed E-state index contributed by atoms with van der Waals surface area (Å²) >= 11 is 0. The van der Waals surface area contributed by atoms with Crippen molar-refractivity contribution < 1.29 is 14.3 Å². The summed E-state index contributed by atoms with van der Waals surface area (Å²) in [6, 6.07) is 9.47. The van der Waals surface area contributed by atoms with Gasteiger partial charge in [0.05, 0.1) is 12.6 Å². The molecule has 1 aliphatic rings. The van der Waals surface area contributed by atoms with Crippen molar-refractivity contribution in [3.05, 3.63) is 35.9 Å². The third-order valence-corrected chi connectivity index (χ3v) is 4.80. The number of benzene rings is 1. The smallest absolute Gasteiger partial charge is 0.417 e. The number of ether oxygens (including phenoxy) is 1. The molecule has 0 bridgehead atoms. The molecule has 1 saturated heterocycles. The molecule has 0 radical (unpaired) electrons. The van der Waals surface area contributed by atoms with Crippen molar-refractivity contribution in [3.63, 3.8) is 0 Å². The summed E-state index contributed by atoms with van der Waals surface area (Å²) in [5.41, 5.74) is 0.245. The van der Waals surface area contributed by atoms with E-state index in [0.29, 0.717) is 12.5 Å². The highest BCUT2D eigenvalue weighted by atomic mass is 16.6. The Morgan fingerprint density at radius 3 is 2.33 bits per heavy atom. The minimum Gasteiger partial charge on any atom is -0.443 e. The van der Waals surface area contributed by atoms with Crippen molar-refractivity contribution in [2.45, 2.75) is 65.3 Å². The number of carbonyl (C=O) groups is 2. The second-order valence-corrected chi connectivity index (χ2v) is 7.96. The predicted molar refractivity (Wildman–Crippen MR) is 106 cm³/mol. The van der Waals surface area contributed by atoms with Crippen LogP contribution in [0.25, 0.3) is 0 Å². The number of likely N-dealkylation sites (N-methyl/N-ethyl adjacent to an activating group) is 1. The highest BCUT2D eigenvalue weighted by Gasteiger charge is 2.37. The average Bonchev–Trinajstić information content (AvgIpc) is 3.09. The molecule has 1 aromatic rings. The topological polar surface area (TPSA) is 61.9 Å².